The summed E-state index contributed by atoms with van der Waals surface area (Å²) >= 11 is 0. The molecule has 0 aliphatic carbocycles. The third kappa shape index (κ3) is 1.55. The number of nitrogens with two attached hydrogens (primary N) is 1. The first kappa shape index (κ1) is 10.5. The van der Waals surface area contributed by atoms with E-state index in [1.165, 1.54) is 0 Å². The maximum absolute atomic E-state index is 6.08. The van der Waals surface area contributed by atoms with Crippen molar-refractivity contribution in [3.63, 3.8) is 0 Å². The van der Waals surface area contributed by atoms with E-state index in [-0.39, 0.29) is 0 Å². The lowest BCUT2D eigenvalue weighted by atomic mass is 10.0. The lowest BCUT2D eigenvalue weighted by molar-refractivity contribution is 0.782. The summed E-state index contributed by atoms with van der Waals surface area (Å²) in [4.78, 5) is 4.12. The molecule has 0 amide bonds. The molecule has 3 N–H and O–H groups in total. The third-order valence-corrected chi connectivity index (χ3v) is 2.81. The van der Waals surface area contributed by atoms with Gasteiger partial charge in [0.25, 0.3) is 0 Å². The number of rotatable bonds is 2. The van der Waals surface area contributed by atoms with Crippen molar-refractivity contribution in [1.29, 1.82) is 0 Å². The summed E-state index contributed by atoms with van der Waals surface area (Å²) in [6.45, 7) is 0. The lowest BCUT2D eigenvalue weighted by Gasteiger charge is -2.01. The van der Waals surface area contributed by atoms with Crippen LogP contribution in [0.15, 0.2) is 36.9 Å². The molecule has 0 radical (unpaired) electrons. The van der Waals surface area contributed by atoms with Gasteiger partial charge in [0, 0.05) is 36.8 Å². The van der Waals surface area contributed by atoms with Crippen LogP contribution in [0.2, 0.25) is 0 Å². The van der Waals surface area contributed by atoms with Crippen LogP contribution in [-0.4, -0.2) is 25.0 Å². The third-order valence-electron chi connectivity index (χ3n) is 2.81. The Labute approximate surface area is 103 Å². The van der Waals surface area contributed by atoms with E-state index in [1.807, 2.05) is 19.2 Å². The Kier molecular flexibility index (Phi) is 2.33. The minimum Gasteiger partial charge on any atom is -0.383 e. The maximum atomic E-state index is 6.08. The van der Waals surface area contributed by atoms with Gasteiger partial charge in [-0.1, -0.05) is 6.07 Å². The summed E-state index contributed by atoms with van der Waals surface area (Å²) in [5.74, 6) is 0.610. The number of H-pyrrole nitrogens is 1. The van der Waals surface area contributed by atoms with Crippen LogP contribution in [0.3, 0.4) is 0 Å². The van der Waals surface area contributed by atoms with Crippen LogP contribution in [-0.2, 0) is 7.05 Å². The molecule has 6 nitrogen and oxygen atoms in total. The lowest BCUT2D eigenvalue weighted by Crippen LogP contribution is -1.98. The molecule has 0 saturated carbocycles. The quantitative estimate of drug-likeness (QED) is 0.710. The molecule has 3 aromatic heterocycles. The molecule has 90 valence electrons. The standard InChI is InChI=1S/C12H12N6/c1-18-12(13)10(8-3-2-4-14-5-8)11(17-18)9-6-15-16-7-9/h2-7H,13H2,1H3,(H,15,16). The summed E-state index contributed by atoms with van der Waals surface area (Å²) in [6.07, 6.45) is 7.02. The second-order valence-corrected chi connectivity index (χ2v) is 3.96. The summed E-state index contributed by atoms with van der Waals surface area (Å²) in [5.41, 5.74) is 9.62. The van der Waals surface area contributed by atoms with E-state index < -0.39 is 0 Å². The number of nitrogens with zero attached hydrogens (tertiary/aromatic N) is 4. The zero-order valence-electron chi connectivity index (χ0n) is 9.83. The monoisotopic (exact) mass is 240 g/mol. The average molecular weight is 240 g/mol. The topological polar surface area (TPSA) is 85.4 Å². The van der Waals surface area contributed by atoms with Gasteiger partial charge in [-0.2, -0.15) is 10.2 Å². The predicted octanol–water partition coefficient (Wildman–Crippen LogP) is 1.45. The van der Waals surface area contributed by atoms with Crippen LogP contribution in [0.5, 0.6) is 0 Å². The Bertz CT molecular complexity index is 653. The Morgan fingerprint density at radius 1 is 1.28 bits per heavy atom. The first-order valence-corrected chi connectivity index (χ1v) is 5.49. The van der Waals surface area contributed by atoms with Crippen LogP contribution < -0.4 is 5.73 Å². The molecule has 0 fully saturated rings. The van der Waals surface area contributed by atoms with Crippen LogP contribution in [0.1, 0.15) is 0 Å². The van der Waals surface area contributed by atoms with Gasteiger partial charge in [0.05, 0.1) is 11.8 Å². The molecular weight excluding hydrogens is 228 g/mol. The van der Waals surface area contributed by atoms with Crippen molar-refractivity contribution in [1.82, 2.24) is 25.0 Å². The predicted molar refractivity (Wildman–Crippen MR) is 68.4 cm³/mol. The molecular formula is C12H12N6. The molecule has 0 saturated heterocycles. The number of hydrogen-bond acceptors (Lipinski definition) is 4. The normalized spacial score (nSPS) is 10.7. The van der Waals surface area contributed by atoms with E-state index in [0.717, 1.165) is 22.4 Å². The highest BCUT2D eigenvalue weighted by Crippen LogP contribution is 2.34. The number of nitrogen functional groups attached to an aromatic ring is 1. The smallest absolute Gasteiger partial charge is 0.129 e. The number of aromatic amines is 1. The molecule has 3 heterocycles. The molecule has 0 spiro atoms. The molecule has 0 aromatic carbocycles. The van der Waals surface area contributed by atoms with Crippen molar-refractivity contribution in [3.05, 3.63) is 36.9 Å². The molecule has 0 atom stereocenters. The molecule has 0 unspecified atom stereocenters. The summed E-state index contributed by atoms with van der Waals surface area (Å²) in [6, 6.07) is 3.84. The van der Waals surface area contributed by atoms with Crippen molar-refractivity contribution in [2.75, 3.05) is 5.73 Å². The van der Waals surface area contributed by atoms with Gasteiger partial charge >= 0.3 is 0 Å². The van der Waals surface area contributed by atoms with E-state index in [0.29, 0.717) is 5.82 Å². The van der Waals surface area contributed by atoms with Gasteiger partial charge in [0.15, 0.2) is 0 Å². The fraction of sp³-hybridized carbons (Fsp3) is 0.0833. The summed E-state index contributed by atoms with van der Waals surface area (Å²) in [7, 11) is 1.82. The van der Waals surface area contributed by atoms with Crippen molar-refractivity contribution in [3.8, 4) is 22.4 Å². The molecule has 0 bridgehead atoms. The molecule has 0 aliphatic rings. The Morgan fingerprint density at radius 2 is 2.17 bits per heavy atom. The van der Waals surface area contributed by atoms with Crippen LogP contribution >= 0.6 is 0 Å². The first-order chi connectivity index (χ1) is 8.77. The first-order valence-electron chi connectivity index (χ1n) is 5.49. The SMILES string of the molecule is Cn1nc(-c2cn[nH]c2)c(-c2cccnc2)c1N. The van der Waals surface area contributed by atoms with E-state index in [4.69, 9.17) is 5.73 Å². The van der Waals surface area contributed by atoms with Crippen molar-refractivity contribution < 1.29 is 0 Å². The molecule has 6 heteroatoms. The van der Waals surface area contributed by atoms with Crippen LogP contribution in [0, 0.1) is 0 Å². The Balaban J connectivity index is 2.26. The van der Waals surface area contributed by atoms with Gasteiger partial charge in [0.2, 0.25) is 0 Å². The van der Waals surface area contributed by atoms with Crippen molar-refractivity contribution >= 4 is 5.82 Å². The van der Waals surface area contributed by atoms with Gasteiger partial charge in [-0.3, -0.25) is 14.8 Å². The number of pyridine rings is 1. The summed E-state index contributed by atoms with van der Waals surface area (Å²) in [5, 5.41) is 11.2. The second-order valence-electron chi connectivity index (χ2n) is 3.96. The fourth-order valence-electron chi connectivity index (χ4n) is 1.91. The zero-order chi connectivity index (χ0) is 12.5. The molecule has 3 rings (SSSR count). The van der Waals surface area contributed by atoms with Crippen molar-refractivity contribution in [2.24, 2.45) is 7.05 Å². The highest BCUT2D eigenvalue weighted by Gasteiger charge is 2.17. The fourth-order valence-corrected chi connectivity index (χ4v) is 1.91. The van der Waals surface area contributed by atoms with Crippen LogP contribution in [0.4, 0.5) is 5.82 Å². The van der Waals surface area contributed by atoms with Gasteiger partial charge in [-0.25, -0.2) is 0 Å². The average Bonchev–Trinajstić information content (AvgIpc) is 3.00. The molecule has 0 aliphatic heterocycles. The van der Waals surface area contributed by atoms with E-state index >= 15 is 0 Å². The number of aryl methyl sites for hydroxylation is 1. The molecule has 3 aromatic rings. The number of anilines is 1. The number of aromatic nitrogens is 5. The largest absolute Gasteiger partial charge is 0.383 e. The van der Waals surface area contributed by atoms with Gasteiger partial charge in [0.1, 0.15) is 11.5 Å². The summed E-state index contributed by atoms with van der Waals surface area (Å²) < 4.78 is 1.66. The van der Waals surface area contributed by atoms with Gasteiger partial charge in [-0.15, -0.1) is 0 Å². The van der Waals surface area contributed by atoms with E-state index in [1.54, 1.807) is 29.5 Å². The second kappa shape index (κ2) is 3.99. The highest BCUT2D eigenvalue weighted by molar-refractivity contribution is 5.87. The Morgan fingerprint density at radius 3 is 2.83 bits per heavy atom. The maximum Gasteiger partial charge on any atom is 0.129 e. The van der Waals surface area contributed by atoms with Gasteiger partial charge in [-0.05, 0) is 6.07 Å². The number of hydrogen-bond donors (Lipinski definition) is 2. The Hall–Kier alpha value is -2.63. The number of nitrogens with one attached hydrogen (secondary N) is 1. The molecule has 18 heavy (non-hydrogen) atoms. The van der Waals surface area contributed by atoms with E-state index in [2.05, 4.69) is 20.3 Å². The van der Waals surface area contributed by atoms with Crippen molar-refractivity contribution in [2.45, 2.75) is 0 Å². The minimum atomic E-state index is 0.610. The highest BCUT2D eigenvalue weighted by atomic mass is 15.3. The van der Waals surface area contributed by atoms with Crippen LogP contribution in [0.25, 0.3) is 22.4 Å². The minimum absolute atomic E-state index is 0.610. The van der Waals surface area contributed by atoms with Gasteiger partial charge < -0.3 is 5.73 Å². The zero-order valence-corrected chi connectivity index (χ0v) is 9.83. The van der Waals surface area contributed by atoms with E-state index in [9.17, 15) is 0 Å².